The van der Waals surface area contributed by atoms with Gasteiger partial charge in [0.15, 0.2) is 5.82 Å². The third kappa shape index (κ3) is 5.12. The van der Waals surface area contributed by atoms with Crippen LogP contribution in [0.25, 0.3) is 0 Å². The van der Waals surface area contributed by atoms with Gasteiger partial charge in [-0.25, -0.2) is 9.97 Å². The lowest BCUT2D eigenvalue weighted by Gasteiger charge is -2.23. The van der Waals surface area contributed by atoms with Gasteiger partial charge in [-0.05, 0) is 17.7 Å². The molecule has 138 valence electrons. The molecule has 0 saturated heterocycles. The van der Waals surface area contributed by atoms with Crippen LogP contribution in [0.5, 0.6) is 0 Å². The SMILES string of the molecule is COCCNC(=O)c1cnc(N(Cc2ccccc2)c2ccccc2)cn1. The maximum atomic E-state index is 12.1. The molecule has 6 heteroatoms. The van der Waals surface area contributed by atoms with Gasteiger partial charge in [0.2, 0.25) is 0 Å². The molecule has 1 heterocycles. The van der Waals surface area contributed by atoms with E-state index in [-0.39, 0.29) is 11.6 Å². The molecule has 2 aromatic carbocycles. The summed E-state index contributed by atoms with van der Waals surface area (Å²) >= 11 is 0. The van der Waals surface area contributed by atoms with Gasteiger partial charge < -0.3 is 15.0 Å². The number of aromatic nitrogens is 2. The van der Waals surface area contributed by atoms with E-state index in [1.165, 1.54) is 6.20 Å². The molecule has 0 atom stereocenters. The molecule has 0 saturated carbocycles. The van der Waals surface area contributed by atoms with Crippen molar-refractivity contribution in [3.05, 3.63) is 84.3 Å². The van der Waals surface area contributed by atoms with Crippen LogP contribution in [-0.2, 0) is 11.3 Å². The molecule has 1 aromatic heterocycles. The smallest absolute Gasteiger partial charge is 0.271 e. The van der Waals surface area contributed by atoms with Gasteiger partial charge in [-0.3, -0.25) is 4.79 Å². The number of amides is 1. The zero-order valence-electron chi connectivity index (χ0n) is 15.2. The summed E-state index contributed by atoms with van der Waals surface area (Å²) in [5.41, 5.74) is 2.44. The van der Waals surface area contributed by atoms with Crippen molar-refractivity contribution >= 4 is 17.4 Å². The van der Waals surface area contributed by atoms with E-state index in [4.69, 9.17) is 4.74 Å². The number of anilines is 2. The molecule has 3 aromatic rings. The van der Waals surface area contributed by atoms with Crippen LogP contribution in [-0.4, -0.2) is 36.1 Å². The van der Waals surface area contributed by atoms with E-state index in [1.54, 1.807) is 13.3 Å². The number of hydrogen-bond donors (Lipinski definition) is 1. The molecular weight excluding hydrogens is 340 g/mol. The molecular formula is C21H22N4O2. The van der Waals surface area contributed by atoms with Crippen LogP contribution in [0.4, 0.5) is 11.5 Å². The van der Waals surface area contributed by atoms with Gasteiger partial charge in [-0.1, -0.05) is 48.5 Å². The maximum Gasteiger partial charge on any atom is 0.271 e. The first-order chi connectivity index (χ1) is 13.3. The predicted molar refractivity (Wildman–Crippen MR) is 105 cm³/mol. The van der Waals surface area contributed by atoms with E-state index in [1.807, 2.05) is 48.5 Å². The van der Waals surface area contributed by atoms with Crippen molar-refractivity contribution in [2.24, 2.45) is 0 Å². The van der Waals surface area contributed by atoms with E-state index in [2.05, 4.69) is 32.3 Å². The lowest BCUT2D eigenvalue weighted by Crippen LogP contribution is -2.28. The molecule has 0 radical (unpaired) electrons. The van der Waals surface area contributed by atoms with Gasteiger partial charge in [0.25, 0.3) is 5.91 Å². The lowest BCUT2D eigenvalue weighted by atomic mass is 10.2. The van der Waals surface area contributed by atoms with Gasteiger partial charge in [-0.15, -0.1) is 0 Å². The van der Waals surface area contributed by atoms with Crippen LogP contribution < -0.4 is 10.2 Å². The molecule has 0 aliphatic carbocycles. The summed E-state index contributed by atoms with van der Waals surface area (Å²) in [5.74, 6) is 0.416. The minimum Gasteiger partial charge on any atom is -0.383 e. The first-order valence-corrected chi connectivity index (χ1v) is 8.73. The highest BCUT2D eigenvalue weighted by Gasteiger charge is 2.14. The Balaban J connectivity index is 1.81. The summed E-state index contributed by atoms with van der Waals surface area (Å²) < 4.78 is 4.93. The van der Waals surface area contributed by atoms with Crippen molar-refractivity contribution in [1.82, 2.24) is 15.3 Å². The predicted octanol–water partition coefficient (Wildman–Crippen LogP) is 3.19. The van der Waals surface area contributed by atoms with E-state index < -0.39 is 0 Å². The maximum absolute atomic E-state index is 12.1. The lowest BCUT2D eigenvalue weighted by molar-refractivity contribution is 0.0932. The monoisotopic (exact) mass is 362 g/mol. The molecule has 1 amide bonds. The summed E-state index contributed by atoms with van der Waals surface area (Å²) in [4.78, 5) is 22.9. The number of carbonyl (C=O) groups is 1. The molecule has 3 rings (SSSR count). The molecule has 6 nitrogen and oxygen atoms in total. The first kappa shape index (κ1) is 18.5. The Morgan fingerprint density at radius 1 is 1.00 bits per heavy atom. The minimum atomic E-state index is -0.263. The Labute approximate surface area is 158 Å². The number of methoxy groups -OCH3 is 1. The van der Waals surface area contributed by atoms with Crippen LogP contribution in [0, 0.1) is 0 Å². The Hall–Kier alpha value is -3.25. The number of ether oxygens (including phenoxy) is 1. The molecule has 0 aliphatic rings. The quantitative estimate of drug-likeness (QED) is 0.624. The molecule has 1 N–H and O–H groups in total. The average molecular weight is 362 g/mol. The number of rotatable bonds is 8. The molecule has 0 aliphatic heterocycles. The zero-order chi connectivity index (χ0) is 18.9. The average Bonchev–Trinajstić information content (AvgIpc) is 2.74. The standard InChI is InChI=1S/C21H22N4O2/c1-27-13-12-22-21(26)19-14-24-20(15-23-19)25(18-10-6-3-7-11-18)16-17-8-4-2-5-9-17/h2-11,14-15H,12-13,16H2,1H3,(H,22,26). The third-order valence-corrected chi connectivity index (χ3v) is 3.99. The number of nitrogens with zero attached hydrogens (tertiary/aromatic N) is 3. The topological polar surface area (TPSA) is 67.3 Å². The van der Waals surface area contributed by atoms with Crippen LogP contribution in [0.3, 0.4) is 0 Å². The Kier molecular flexibility index (Phi) is 6.49. The Morgan fingerprint density at radius 3 is 2.33 bits per heavy atom. The summed E-state index contributed by atoms with van der Waals surface area (Å²) in [7, 11) is 1.59. The van der Waals surface area contributed by atoms with Crippen molar-refractivity contribution in [2.75, 3.05) is 25.2 Å². The number of nitrogens with one attached hydrogen (secondary N) is 1. The second-order valence-corrected chi connectivity index (χ2v) is 5.92. The van der Waals surface area contributed by atoms with Crippen molar-refractivity contribution in [1.29, 1.82) is 0 Å². The number of benzene rings is 2. The van der Waals surface area contributed by atoms with Crippen LogP contribution in [0.15, 0.2) is 73.1 Å². The highest BCUT2D eigenvalue weighted by molar-refractivity contribution is 5.92. The van der Waals surface area contributed by atoms with Gasteiger partial charge in [0.05, 0.1) is 19.0 Å². The molecule has 0 spiro atoms. The van der Waals surface area contributed by atoms with Crippen molar-refractivity contribution in [3.63, 3.8) is 0 Å². The van der Waals surface area contributed by atoms with E-state index in [0.29, 0.717) is 25.5 Å². The molecule has 0 bridgehead atoms. The van der Waals surface area contributed by atoms with Gasteiger partial charge in [0, 0.05) is 25.9 Å². The largest absolute Gasteiger partial charge is 0.383 e. The summed E-state index contributed by atoms with van der Waals surface area (Å²) in [6.45, 7) is 1.54. The van der Waals surface area contributed by atoms with Crippen LogP contribution >= 0.6 is 0 Å². The third-order valence-electron chi connectivity index (χ3n) is 3.99. The summed E-state index contributed by atoms with van der Waals surface area (Å²) in [5, 5.41) is 2.74. The number of carbonyl (C=O) groups excluding carboxylic acids is 1. The van der Waals surface area contributed by atoms with Crippen molar-refractivity contribution < 1.29 is 9.53 Å². The van der Waals surface area contributed by atoms with Crippen molar-refractivity contribution in [2.45, 2.75) is 6.54 Å². The summed E-state index contributed by atoms with van der Waals surface area (Å²) in [6.07, 6.45) is 3.12. The zero-order valence-corrected chi connectivity index (χ0v) is 15.2. The van der Waals surface area contributed by atoms with Gasteiger partial charge in [0.1, 0.15) is 5.69 Å². The second kappa shape index (κ2) is 9.45. The Morgan fingerprint density at radius 2 is 1.70 bits per heavy atom. The number of hydrogen-bond acceptors (Lipinski definition) is 5. The van der Waals surface area contributed by atoms with Crippen LogP contribution in [0.1, 0.15) is 16.1 Å². The summed E-state index contributed by atoms with van der Waals surface area (Å²) in [6, 6.07) is 20.1. The number of para-hydroxylation sites is 1. The van der Waals surface area contributed by atoms with Crippen molar-refractivity contribution in [3.8, 4) is 0 Å². The van der Waals surface area contributed by atoms with E-state index >= 15 is 0 Å². The minimum absolute atomic E-state index is 0.263. The second-order valence-electron chi connectivity index (χ2n) is 5.92. The fourth-order valence-corrected chi connectivity index (χ4v) is 2.61. The Bertz CT molecular complexity index is 839. The van der Waals surface area contributed by atoms with E-state index in [0.717, 1.165) is 11.3 Å². The first-order valence-electron chi connectivity index (χ1n) is 8.73. The van der Waals surface area contributed by atoms with Crippen LogP contribution in [0.2, 0.25) is 0 Å². The van der Waals surface area contributed by atoms with Gasteiger partial charge >= 0.3 is 0 Å². The fraction of sp³-hybridized carbons (Fsp3) is 0.190. The van der Waals surface area contributed by atoms with E-state index in [9.17, 15) is 4.79 Å². The highest BCUT2D eigenvalue weighted by atomic mass is 16.5. The van der Waals surface area contributed by atoms with Gasteiger partial charge in [-0.2, -0.15) is 0 Å². The fourth-order valence-electron chi connectivity index (χ4n) is 2.61. The normalized spacial score (nSPS) is 10.4. The molecule has 0 fully saturated rings. The molecule has 0 unspecified atom stereocenters. The highest BCUT2D eigenvalue weighted by Crippen LogP contribution is 2.25. The molecule has 27 heavy (non-hydrogen) atoms.